The normalized spacial score (nSPS) is 12.5. The number of hydrogen-bond donors (Lipinski definition) is 1. The third-order valence-electron chi connectivity index (χ3n) is 4.17. The maximum Gasteiger partial charge on any atom is 0.326 e. The second kappa shape index (κ2) is 8.06. The van der Waals surface area contributed by atoms with Gasteiger partial charge >= 0.3 is 5.97 Å². The highest BCUT2D eigenvalue weighted by atomic mass is 32.2. The molecule has 3 aromatic rings. The highest BCUT2D eigenvalue weighted by Crippen LogP contribution is 2.13. The lowest BCUT2D eigenvalue weighted by Gasteiger charge is -2.13. The molecule has 0 aliphatic heterocycles. The van der Waals surface area contributed by atoms with Crippen molar-refractivity contribution in [2.24, 2.45) is 7.05 Å². The molecule has 0 saturated carbocycles. The van der Waals surface area contributed by atoms with Crippen molar-refractivity contribution >= 4 is 38.5 Å². The number of esters is 1. The van der Waals surface area contributed by atoms with Crippen molar-refractivity contribution in [1.82, 2.24) is 19.3 Å². The quantitative estimate of drug-likeness (QED) is 0.414. The van der Waals surface area contributed by atoms with Gasteiger partial charge in [-0.2, -0.15) is 5.10 Å². The number of carbonyl (C=O) groups excluding carboxylic acids is 2. The number of ether oxygens (including phenoxy) is 1. The first kappa shape index (κ1) is 21.2. The largest absolute Gasteiger partial charge is 0.453 e. The molecule has 1 N–H and O–H groups in total. The fraction of sp³-hybridized carbons (Fsp3) is 0.278. The minimum Gasteiger partial charge on any atom is -0.453 e. The van der Waals surface area contributed by atoms with E-state index in [1.54, 1.807) is 7.05 Å². The maximum absolute atomic E-state index is 12.5. The summed E-state index contributed by atoms with van der Waals surface area (Å²) in [5.74, 6) is -1.25. The topological polar surface area (TPSA) is 142 Å². The van der Waals surface area contributed by atoms with E-state index in [1.807, 2.05) is 0 Å². The van der Waals surface area contributed by atoms with Gasteiger partial charge in [-0.3, -0.25) is 28.4 Å². The fourth-order valence-corrected chi connectivity index (χ4v) is 3.32. The molecule has 3 rings (SSSR count). The van der Waals surface area contributed by atoms with Gasteiger partial charge in [-0.25, -0.2) is 13.4 Å². The van der Waals surface area contributed by atoms with Gasteiger partial charge in [0.05, 0.1) is 12.5 Å². The number of nitrogens with one attached hydrogen (secondary N) is 1. The Balaban J connectivity index is 1.66. The van der Waals surface area contributed by atoms with E-state index in [0.29, 0.717) is 11.3 Å². The molecule has 0 amide bonds. The van der Waals surface area contributed by atoms with Gasteiger partial charge < -0.3 is 4.74 Å². The molecule has 1 unspecified atom stereocenters. The van der Waals surface area contributed by atoms with Gasteiger partial charge in [-0.1, -0.05) is 0 Å². The Morgan fingerprint density at radius 1 is 1.23 bits per heavy atom. The number of anilines is 1. The predicted octanol–water partition coefficient (Wildman–Crippen LogP) is 0.316. The van der Waals surface area contributed by atoms with Crippen molar-refractivity contribution in [3.8, 4) is 0 Å². The molecule has 1 atom stereocenters. The number of rotatable bonds is 7. The van der Waals surface area contributed by atoms with Crippen LogP contribution in [0.4, 0.5) is 5.69 Å². The van der Waals surface area contributed by atoms with E-state index in [-0.39, 0.29) is 10.9 Å². The average Bonchev–Trinajstić information content (AvgIpc) is 3.04. The van der Waals surface area contributed by atoms with Crippen LogP contribution in [0.25, 0.3) is 11.0 Å². The first-order valence-electron chi connectivity index (χ1n) is 8.74. The van der Waals surface area contributed by atoms with E-state index in [9.17, 15) is 22.8 Å². The fourth-order valence-electron chi connectivity index (χ4n) is 2.76. The second-order valence-electron chi connectivity index (χ2n) is 6.63. The molecule has 0 fully saturated rings. The monoisotopic (exact) mass is 433 g/mol. The number of sulfonamides is 1. The Morgan fingerprint density at radius 2 is 1.90 bits per heavy atom. The van der Waals surface area contributed by atoms with Gasteiger partial charge in [-0.15, -0.1) is 0 Å². The van der Waals surface area contributed by atoms with E-state index in [2.05, 4.69) is 14.8 Å². The lowest BCUT2D eigenvalue weighted by atomic mass is 10.1. The predicted molar refractivity (Wildman–Crippen MR) is 108 cm³/mol. The van der Waals surface area contributed by atoms with E-state index in [1.165, 1.54) is 48.4 Å². The minimum atomic E-state index is -3.43. The standard InChI is InChI=1S/C18H19N5O6S/c1-11(16(25)12-4-6-13(7-5-12)21-30(3,27)28)29-15(24)9-23-10-19-17-14(18(23)26)8-20-22(17)2/h4-8,10-11,21H,9H2,1-3H3. The van der Waals surface area contributed by atoms with Crippen molar-refractivity contribution in [2.45, 2.75) is 19.6 Å². The molecule has 0 radical (unpaired) electrons. The zero-order valence-electron chi connectivity index (χ0n) is 16.4. The summed E-state index contributed by atoms with van der Waals surface area (Å²) < 4.78 is 32.4. The molecule has 0 aliphatic rings. The van der Waals surface area contributed by atoms with Crippen molar-refractivity contribution in [1.29, 1.82) is 0 Å². The van der Waals surface area contributed by atoms with Crippen LogP contribution >= 0.6 is 0 Å². The lowest BCUT2D eigenvalue weighted by Crippen LogP contribution is -2.30. The smallest absolute Gasteiger partial charge is 0.326 e. The molecule has 0 aliphatic carbocycles. The summed E-state index contributed by atoms with van der Waals surface area (Å²) in [6, 6.07) is 5.70. The highest BCUT2D eigenvalue weighted by Gasteiger charge is 2.20. The Kier molecular flexibility index (Phi) is 5.69. The number of benzene rings is 1. The number of aromatic nitrogens is 4. The molecule has 2 heterocycles. The molecule has 0 bridgehead atoms. The van der Waals surface area contributed by atoms with Gasteiger partial charge in [0.25, 0.3) is 5.56 Å². The number of nitrogens with zero attached hydrogens (tertiary/aromatic N) is 4. The van der Waals surface area contributed by atoms with Gasteiger partial charge in [0, 0.05) is 18.3 Å². The van der Waals surface area contributed by atoms with Crippen molar-refractivity contribution in [3.05, 3.63) is 52.7 Å². The lowest BCUT2D eigenvalue weighted by molar-refractivity contribution is -0.147. The zero-order chi connectivity index (χ0) is 22.1. The second-order valence-corrected chi connectivity index (χ2v) is 8.38. The molecular weight excluding hydrogens is 414 g/mol. The summed E-state index contributed by atoms with van der Waals surface area (Å²) in [7, 11) is -1.79. The number of carbonyl (C=O) groups is 2. The minimum absolute atomic E-state index is 0.241. The number of Topliss-reactive ketones (excluding diaryl/α,β-unsaturated/α-hetero) is 1. The molecule has 0 saturated heterocycles. The maximum atomic E-state index is 12.5. The van der Waals surface area contributed by atoms with Crippen LogP contribution in [-0.4, -0.2) is 51.9 Å². The van der Waals surface area contributed by atoms with Crippen LogP contribution in [0, 0.1) is 0 Å². The molecule has 158 valence electrons. The number of fused-ring (bicyclic) bond motifs is 1. The van der Waals surface area contributed by atoms with Crippen LogP contribution < -0.4 is 10.3 Å². The van der Waals surface area contributed by atoms with E-state index >= 15 is 0 Å². The molecule has 0 spiro atoms. The van der Waals surface area contributed by atoms with Gasteiger partial charge in [0.1, 0.15) is 18.3 Å². The van der Waals surface area contributed by atoms with Crippen LogP contribution in [0.5, 0.6) is 0 Å². The van der Waals surface area contributed by atoms with Gasteiger partial charge in [0.2, 0.25) is 15.8 Å². The Hall–Kier alpha value is -3.54. The van der Waals surface area contributed by atoms with Crippen molar-refractivity contribution in [2.75, 3.05) is 11.0 Å². The van der Waals surface area contributed by atoms with Crippen LogP contribution in [0.3, 0.4) is 0 Å². The molecule has 2 aromatic heterocycles. The SMILES string of the molecule is CC(OC(=O)Cn1cnc2c(cnn2C)c1=O)C(=O)c1ccc(NS(C)(=O)=O)cc1. The molecule has 1 aromatic carbocycles. The summed E-state index contributed by atoms with van der Waals surface area (Å²) in [4.78, 5) is 41.2. The summed E-state index contributed by atoms with van der Waals surface area (Å²) >= 11 is 0. The molecular formula is C18H19N5O6S. The number of hydrogen-bond acceptors (Lipinski definition) is 8. The summed E-state index contributed by atoms with van der Waals surface area (Å²) in [6.07, 6.45) is 2.49. The first-order valence-corrected chi connectivity index (χ1v) is 10.6. The Bertz CT molecular complexity index is 1280. The van der Waals surface area contributed by atoms with E-state index in [4.69, 9.17) is 4.74 Å². The van der Waals surface area contributed by atoms with Crippen molar-refractivity contribution < 1.29 is 22.7 Å². The summed E-state index contributed by atoms with van der Waals surface area (Å²) in [6.45, 7) is 1.000. The van der Waals surface area contributed by atoms with Crippen LogP contribution in [0.2, 0.25) is 0 Å². The van der Waals surface area contributed by atoms with Crippen LogP contribution in [0.1, 0.15) is 17.3 Å². The molecule has 11 nitrogen and oxygen atoms in total. The van der Waals surface area contributed by atoms with Gasteiger partial charge in [0.15, 0.2) is 11.8 Å². The average molecular weight is 433 g/mol. The summed E-state index contributed by atoms with van der Waals surface area (Å²) in [5.41, 5.74) is 0.487. The summed E-state index contributed by atoms with van der Waals surface area (Å²) in [5, 5.41) is 4.21. The zero-order valence-corrected chi connectivity index (χ0v) is 17.2. The third-order valence-corrected chi connectivity index (χ3v) is 4.77. The molecule has 30 heavy (non-hydrogen) atoms. The first-order chi connectivity index (χ1) is 14.0. The number of ketones is 1. The van der Waals surface area contributed by atoms with Crippen LogP contribution in [-0.2, 0) is 33.1 Å². The Morgan fingerprint density at radius 3 is 2.53 bits per heavy atom. The van der Waals surface area contributed by atoms with Crippen molar-refractivity contribution in [3.63, 3.8) is 0 Å². The van der Waals surface area contributed by atoms with Gasteiger partial charge in [-0.05, 0) is 31.2 Å². The van der Waals surface area contributed by atoms with E-state index < -0.39 is 40.0 Å². The third kappa shape index (κ3) is 4.71. The molecule has 12 heteroatoms. The highest BCUT2D eigenvalue weighted by molar-refractivity contribution is 7.92. The van der Waals surface area contributed by atoms with Crippen LogP contribution in [0.15, 0.2) is 41.6 Å². The number of aryl methyl sites for hydroxylation is 1. The van der Waals surface area contributed by atoms with E-state index in [0.717, 1.165) is 10.8 Å². The Labute approximate surface area is 171 Å².